The second kappa shape index (κ2) is 11.3. The molecule has 1 aromatic carbocycles. The third-order valence-corrected chi connectivity index (χ3v) is 10.1. The van der Waals surface area contributed by atoms with E-state index in [0.29, 0.717) is 30.9 Å². The molecule has 0 aliphatic heterocycles. The topological polar surface area (TPSA) is 99.9 Å². The number of alkyl carbamates (subject to hydrolysis) is 1. The number of nitrogens with one attached hydrogen (secondary N) is 1. The SMILES string of the molecule is CCOC(=O)C(C)C[C@H](Cc1ccc(O[Si](C)(C)C(C)(C)C)c(N)c1)NC(=O)OC(C)(C)C. The number of nitrogen functional groups attached to an aromatic ring is 1. The fourth-order valence-corrected chi connectivity index (χ4v) is 4.05. The molecule has 0 fully saturated rings. The predicted octanol–water partition coefficient (Wildman–Crippen LogP) is 5.68. The number of hydrogen-bond acceptors (Lipinski definition) is 6. The van der Waals surface area contributed by atoms with Crippen molar-refractivity contribution in [3.63, 3.8) is 0 Å². The summed E-state index contributed by atoms with van der Waals surface area (Å²) >= 11 is 0. The molecule has 1 rings (SSSR count). The number of nitrogens with two attached hydrogens (primary N) is 1. The molecule has 1 aromatic rings. The normalized spacial score (nSPS) is 14.2. The zero-order valence-corrected chi connectivity index (χ0v) is 23.1. The van der Waals surface area contributed by atoms with Crippen molar-refractivity contribution in [2.75, 3.05) is 12.3 Å². The second-order valence-electron chi connectivity index (χ2n) is 11.2. The maximum atomic E-state index is 12.4. The van der Waals surface area contributed by atoms with E-state index in [1.54, 1.807) is 13.8 Å². The maximum absolute atomic E-state index is 12.4. The highest BCUT2D eigenvalue weighted by Crippen LogP contribution is 2.39. The van der Waals surface area contributed by atoms with E-state index in [9.17, 15) is 9.59 Å². The van der Waals surface area contributed by atoms with E-state index >= 15 is 0 Å². The predicted molar refractivity (Wildman–Crippen MR) is 136 cm³/mol. The van der Waals surface area contributed by atoms with Crippen LogP contribution in [-0.4, -0.2) is 38.6 Å². The Kier molecular flexibility index (Phi) is 9.84. The molecule has 8 heteroatoms. The lowest BCUT2D eigenvalue weighted by Gasteiger charge is -2.36. The Balaban J connectivity index is 3.04. The maximum Gasteiger partial charge on any atom is 0.407 e. The molecule has 2 atom stereocenters. The van der Waals surface area contributed by atoms with Gasteiger partial charge in [0, 0.05) is 6.04 Å². The third kappa shape index (κ3) is 9.66. The lowest BCUT2D eigenvalue weighted by Crippen LogP contribution is -2.44. The summed E-state index contributed by atoms with van der Waals surface area (Å²) in [6.07, 6.45) is 0.391. The third-order valence-electron chi connectivity index (χ3n) is 5.78. The van der Waals surface area contributed by atoms with Crippen LogP contribution in [0, 0.1) is 5.92 Å². The van der Waals surface area contributed by atoms with E-state index in [1.165, 1.54) is 0 Å². The van der Waals surface area contributed by atoms with E-state index in [-0.39, 0.29) is 23.0 Å². The Labute approximate surface area is 200 Å². The van der Waals surface area contributed by atoms with Gasteiger partial charge in [0.15, 0.2) is 0 Å². The smallest absolute Gasteiger partial charge is 0.407 e. The van der Waals surface area contributed by atoms with Crippen molar-refractivity contribution in [1.29, 1.82) is 0 Å². The van der Waals surface area contributed by atoms with Crippen LogP contribution < -0.4 is 15.5 Å². The van der Waals surface area contributed by atoms with Crippen LogP contribution in [0.25, 0.3) is 0 Å². The van der Waals surface area contributed by atoms with Gasteiger partial charge in [0.25, 0.3) is 8.32 Å². The Hall–Kier alpha value is -2.22. The quantitative estimate of drug-likeness (QED) is 0.268. The molecule has 0 aliphatic rings. The minimum Gasteiger partial charge on any atom is -0.542 e. The summed E-state index contributed by atoms with van der Waals surface area (Å²) in [5.41, 5.74) is 7.21. The van der Waals surface area contributed by atoms with Gasteiger partial charge >= 0.3 is 12.1 Å². The molecule has 7 nitrogen and oxygen atoms in total. The zero-order chi connectivity index (χ0) is 25.6. The molecule has 33 heavy (non-hydrogen) atoms. The molecule has 0 aromatic heterocycles. The van der Waals surface area contributed by atoms with E-state index in [2.05, 4.69) is 39.2 Å². The molecular weight excluding hydrogens is 436 g/mol. The number of anilines is 1. The van der Waals surface area contributed by atoms with Gasteiger partial charge in [0.05, 0.1) is 18.2 Å². The number of ether oxygens (including phenoxy) is 2. The summed E-state index contributed by atoms with van der Waals surface area (Å²) < 4.78 is 16.9. The summed E-state index contributed by atoms with van der Waals surface area (Å²) in [5, 5.41) is 2.97. The van der Waals surface area contributed by atoms with Crippen LogP contribution in [0.3, 0.4) is 0 Å². The molecule has 0 saturated carbocycles. The van der Waals surface area contributed by atoms with Crippen LogP contribution in [0.15, 0.2) is 18.2 Å². The first-order chi connectivity index (χ1) is 14.9. The number of benzene rings is 1. The van der Waals surface area contributed by atoms with E-state index in [4.69, 9.17) is 19.6 Å². The number of hydrogen-bond donors (Lipinski definition) is 2. The standard InChI is InChI=1S/C25H44N2O5Si/c1-11-30-22(28)17(2)14-19(27-23(29)31-24(3,4)5)15-18-12-13-21(20(26)16-18)32-33(9,10)25(6,7)8/h12-13,16-17,19H,11,14-15,26H2,1-10H3,(H,27,29)/t17?,19-/m1/s1. The number of carbonyl (C=O) groups is 2. The number of carbonyl (C=O) groups excluding carboxylic acids is 2. The van der Waals surface area contributed by atoms with Crippen molar-refractivity contribution in [3.8, 4) is 5.75 Å². The molecule has 0 bridgehead atoms. The van der Waals surface area contributed by atoms with Gasteiger partial charge in [-0.3, -0.25) is 4.79 Å². The molecule has 0 heterocycles. The molecule has 1 unspecified atom stereocenters. The Morgan fingerprint density at radius 2 is 1.73 bits per heavy atom. The van der Waals surface area contributed by atoms with Crippen molar-refractivity contribution in [3.05, 3.63) is 23.8 Å². The van der Waals surface area contributed by atoms with Crippen molar-refractivity contribution in [2.45, 2.75) is 98.0 Å². The molecule has 188 valence electrons. The Morgan fingerprint density at radius 1 is 1.12 bits per heavy atom. The van der Waals surface area contributed by atoms with E-state index < -0.39 is 20.0 Å². The first-order valence-corrected chi connectivity index (χ1v) is 14.6. The summed E-state index contributed by atoms with van der Waals surface area (Å²) in [4.78, 5) is 24.6. The van der Waals surface area contributed by atoms with Gasteiger partial charge in [-0.15, -0.1) is 0 Å². The van der Waals surface area contributed by atoms with Crippen molar-refractivity contribution in [1.82, 2.24) is 5.32 Å². The van der Waals surface area contributed by atoms with E-state index in [1.807, 2.05) is 39.0 Å². The summed E-state index contributed by atoms with van der Waals surface area (Å²) in [6, 6.07) is 5.40. The first kappa shape index (κ1) is 28.8. The van der Waals surface area contributed by atoms with Crippen molar-refractivity contribution < 1.29 is 23.5 Å². The van der Waals surface area contributed by atoms with Crippen LogP contribution in [0.1, 0.15) is 67.4 Å². The highest BCUT2D eigenvalue weighted by atomic mass is 28.4. The van der Waals surface area contributed by atoms with Crippen LogP contribution >= 0.6 is 0 Å². The second-order valence-corrected chi connectivity index (χ2v) is 15.9. The van der Waals surface area contributed by atoms with Gasteiger partial charge in [-0.2, -0.15) is 0 Å². The first-order valence-electron chi connectivity index (χ1n) is 11.7. The van der Waals surface area contributed by atoms with E-state index in [0.717, 1.165) is 5.56 Å². The number of rotatable bonds is 9. The largest absolute Gasteiger partial charge is 0.542 e. The highest BCUT2D eigenvalue weighted by molar-refractivity contribution is 6.74. The molecule has 0 spiro atoms. The number of amides is 1. The molecule has 0 radical (unpaired) electrons. The van der Waals surface area contributed by atoms with Crippen LogP contribution in [-0.2, 0) is 20.7 Å². The molecule has 3 N–H and O–H groups in total. The minimum atomic E-state index is -2.02. The summed E-state index contributed by atoms with van der Waals surface area (Å²) in [7, 11) is -2.02. The number of esters is 1. The molecular formula is C25H44N2O5Si. The summed E-state index contributed by atoms with van der Waals surface area (Å²) in [5.74, 6) is 0.0245. The minimum absolute atomic E-state index is 0.0593. The monoisotopic (exact) mass is 480 g/mol. The zero-order valence-electron chi connectivity index (χ0n) is 22.1. The van der Waals surface area contributed by atoms with Gasteiger partial charge in [-0.25, -0.2) is 4.79 Å². The fraction of sp³-hybridized carbons (Fsp3) is 0.680. The summed E-state index contributed by atoms with van der Waals surface area (Å²) in [6.45, 7) is 20.2. The lowest BCUT2D eigenvalue weighted by atomic mass is 9.96. The highest BCUT2D eigenvalue weighted by Gasteiger charge is 2.39. The van der Waals surface area contributed by atoms with Gasteiger partial charge in [0.1, 0.15) is 11.4 Å². The van der Waals surface area contributed by atoms with Gasteiger partial charge < -0.3 is 25.0 Å². The lowest BCUT2D eigenvalue weighted by molar-refractivity contribution is -0.147. The van der Waals surface area contributed by atoms with Crippen molar-refractivity contribution in [2.24, 2.45) is 5.92 Å². The molecule has 0 aliphatic carbocycles. The van der Waals surface area contributed by atoms with Crippen LogP contribution in [0.2, 0.25) is 18.1 Å². The molecule has 1 amide bonds. The average molecular weight is 481 g/mol. The fourth-order valence-electron chi connectivity index (χ4n) is 3.01. The van der Waals surface area contributed by atoms with Crippen LogP contribution in [0.5, 0.6) is 5.75 Å². The average Bonchev–Trinajstić information content (AvgIpc) is 2.61. The Bertz CT molecular complexity index is 812. The van der Waals surface area contributed by atoms with Gasteiger partial charge in [-0.1, -0.05) is 33.8 Å². The molecule has 0 saturated heterocycles. The van der Waals surface area contributed by atoms with Crippen molar-refractivity contribution >= 4 is 26.1 Å². The Morgan fingerprint density at radius 3 is 2.21 bits per heavy atom. The van der Waals surface area contributed by atoms with Gasteiger partial charge in [0.2, 0.25) is 0 Å². The van der Waals surface area contributed by atoms with Gasteiger partial charge in [-0.05, 0) is 76.4 Å². The van der Waals surface area contributed by atoms with Crippen LogP contribution in [0.4, 0.5) is 10.5 Å².